The normalized spacial score (nSPS) is 18.9. The molecule has 2 N–H and O–H groups in total. The Bertz CT molecular complexity index is 1130. The molecule has 166 valence electrons. The van der Waals surface area contributed by atoms with Crippen molar-refractivity contribution < 1.29 is 17.9 Å². The average Bonchev–Trinajstić information content (AvgIpc) is 3.01. The average molecular weight is 462 g/mol. The van der Waals surface area contributed by atoms with Gasteiger partial charge < -0.3 is 10.1 Å². The first-order valence-electron chi connectivity index (χ1n) is 10.2. The van der Waals surface area contributed by atoms with Crippen molar-refractivity contribution in [1.82, 2.24) is 4.72 Å². The van der Waals surface area contributed by atoms with Crippen molar-refractivity contribution in [2.75, 3.05) is 12.4 Å². The van der Waals surface area contributed by atoms with Crippen molar-refractivity contribution in [3.63, 3.8) is 0 Å². The lowest BCUT2D eigenvalue weighted by Gasteiger charge is -2.29. The molecule has 1 saturated carbocycles. The predicted molar refractivity (Wildman–Crippen MR) is 121 cm³/mol. The zero-order valence-corrected chi connectivity index (χ0v) is 19.7. The molecule has 1 aromatic carbocycles. The van der Waals surface area contributed by atoms with E-state index in [0.717, 1.165) is 36.1 Å². The fourth-order valence-electron chi connectivity index (χ4n) is 3.81. The largest absolute Gasteiger partial charge is 0.495 e. The minimum atomic E-state index is -3.88. The number of thiophene rings is 1. The Morgan fingerprint density at radius 2 is 1.97 bits per heavy atom. The first kappa shape index (κ1) is 23.3. The van der Waals surface area contributed by atoms with Gasteiger partial charge in [-0.25, -0.2) is 13.1 Å². The van der Waals surface area contributed by atoms with Gasteiger partial charge in [-0.3, -0.25) is 4.79 Å². The predicted octanol–water partition coefficient (Wildman–Crippen LogP) is 4.35. The lowest BCUT2D eigenvalue weighted by Crippen LogP contribution is -2.41. The highest BCUT2D eigenvalue weighted by Gasteiger charge is 2.29. The molecule has 9 heteroatoms. The summed E-state index contributed by atoms with van der Waals surface area (Å²) in [5, 5.41) is 12.6. The van der Waals surface area contributed by atoms with Crippen LogP contribution in [-0.4, -0.2) is 27.5 Å². The van der Waals surface area contributed by atoms with Gasteiger partial charge in [0.05, 0.1) is 12.7 Å². The van der Waals surface area contributed by atoms with Gasteiger partial charge in [-0.1, -0.05) is 19.8 Å². The van der Waals surface area contributed by atoms with Crippen LogP contribution in [0.3, 0.4) is 0 Å². The summed E-state index contributed by atoms with van der Waals surface area (Å²) in [7, 11) is -2.49. The van der Waals surface area contributed by atoms with Gasteiger partial charge in [0.15, 0.2) is 0 Å². The topological polar surface area (TPSA) is 108 Å². The lowest BCUT2D eigenvalue weighted by molar-refractivity contribution is 0.102. The molecule has 2 aromatic rings. The van der Waals surface area contributed by atoms with E-state index < -0.39 is 15.9 Å². The molecule has 1 amide bonds. The number of nitriles is 1. The van der Waals surface area contributed by atoms with Crippen LogP contribution in [-0.2, 0) is 10.0 Å². The molecule has 1 aliphatic rings. The quantitative estimate of drug-likeness (QED) is 0.665. The number of anilines is 1. The van der Waals surface area contributed by atoms with Gasteiger partial charge in [0.1, 0.15) is 21.7 Å². The second-order valence-electron chi connectivity index (χ2n) is 7.91. The lowest BCUT2D eigenvalue weighted by atomic mass is 9.87. The van der Waals surface area contributed by atoms with Crippen LogP contribution in [0.2, 0.25) is 0 Å². The molecule has 0 bridgehead atoms. The highest BCUT2D eigenvalue weighted by molar-refractivity contribution is 7.89. The van der Waals surface area contributed by atoms with Gasteiger partial charge in [-0.15, -0.1) is 11.3 Å². The first-order chi connectivity index (χ1) is 14.7. The van der Waals surface area contributed by atoms with E-state index in [9.17, 15) is 18.5 Å². The molecule has 0 saturated heterocycles. The molecule has 0 aliphatic heterocycles. The van der Waals surface area contributed by atoms with Crippen LogP contribution in [0, 0.1) is 31.1 Å². The standard InChI is InChI=1S/C22H27N3O4S2/c1-13-7-5-6-8-18(13)25-31(27,28)20-11-16(9-10-19(20)29-4)21(26)24-22-17(12-23)14(2)15(3)30-22/h9-11,13,18,25H,5-8H2,1-4H3,(H,24,26). The molecule has 2 unspecified atom stereocenters. The van der Waals surface area contributed by atoms with Crippen LogP contribution in [0.4, 0.5) is 5.00 Å². The summed E-state index contributed by atoms with van der Waals surface area (Å²) in [4.78, 5) is 13.7. The summed E-state index contributed by atoms with van der Waals surface area (Å²) < 4.78 is 34.4. The number of benzene rings is 1. The van der Waals surface area contributed by atoms with Gasteiger partial charge in [-0.2, -0.15) is 5.26 Å². The minimum Gasteiger partial charge on any atom is -0.495 e. The number of carbonyl (C=O) groups is 1. The fourth-order valence-corrected chi connectivity index (χ4v) is 6.39. The molecular formula is C22H27N3O4S2. The molecule has 1 aromatic heterocycles. The number of amides is 1. The second kappa shape index (κ2) is 9.39. The molecule has 7 nitrogen and oxygen atoms in total. The van der Waals surface area contributed by atoms with E-state index >= 15 is 0 Å². The molecule has 1 heterocycles. The van der Waals surface area contributed by atoms with Crippen molar-refractivity contribution in [3.05, 3.63) is 39.8 Å². The number of sulfonamides is 1. The highest BCUT2D eigenvalue weighted by Crippen LogP contribution is 2.33. The molecule has 3 rings (SSSR count). The summed E-state index contributed by atoms with van der Waals surface area (Å²) in [6.07, 6.45) is 3.85. The number of hydrogen-bond acceptors (Lipinski definition) is 6. The summed E-state index contributed by atoms with van der Waals surface area (Å²) in [5.41, 5.74) is 1.42. The van der Waals surface area contributed by atoms with Gasteiger partial charge >= 0.3 is 0 Å². The summed E-state index contributed by atoms with van der Waals surface area (Å²) in [6, 6.07) is 6.28. The van der Waals surface area contributed by atoms with Crippen LogP contribution in [0.25, 0.3) is 0 Å². The van der Waals surface area contributed by atoms with Crippen LogP contribution >= 0.6 is 11.3 Å². The van der Waals surface area contributed by atoms with Crippen molar-refractivity contribution in [2.24, 2.45) is 5.92 Å². The van der Waals surface area contributed by atoms with E-state index in [1.165, 1.54) is 36.6 Å². The SMILES string of the molecule is COc1ccc(C(=O)Nc2sc(C)c(C)c2C#N)cc1S(=O)(=O)NC1CCCCC1C. The zero-order chi connectivity index (χ0) is 22.8. The zero-order valence-electron chi connectivity index (χ0n) is 18.1. The van der Waals surface area contributed by atoms with Crippen LogP contribution in [0.1, 0.15) is 59.0 Å². The molecule has 1 aliphatic carbocycles. The maximum Gasteiger partial charge on any atom is 0.256 e. The van der Waals surface area contributed by atoms with Gasteiger partial charge in [0.25, 0.3) is 5.91 Å². The molecule has 31 heavy (non-hydrogen) atoms. The Hall–Kier alpha value is -2.41. The fraction of sp³-hybridized carbons (Fsp3) is 0.455. The van der Waals surface area contributed by atoms with E-state index in [4.69, 9.17) is 4.74 Å². The van der Waals surface area contributed by atoms with Gasteiger partial charge in [-0.05, 0) is 56.4 Å². The van der Waals surface area contributed by atoms with E-state index in [0.29, 0.717) is 10.6 Å². The summed E-state index contributed by atoms with van der Waals surface area (Å²) in [6.45, 7) is 5.76. The van der Waals surface area contributed by atoms with Gasteiger partial charge in [0.2, 0.25) is 10.0 Å². The Morgan fingerprint density at radius 1 is 1.26 bits per heavy atom. The summed E-state index contributed by atoms with van der Waals surface area (Å²) in [5.74, 6) is -0.0633. The van der Waals surface area contributed by atoms with Crippen molar-refractivity contribution in [1.29, 1.82) is 5.26 Å². The van der Waals surface area contributed by atoms with Crippen molar-refractivity contribution in [3.8, 4) is 11.8 Å². The van der Waals surface area contributed by atoms with Crippen LogP contribution in [0.15, 0.2) is 23.1 Å². The third kappa shape index (κ3) is 4.92. The summed E-state index contributed by atoms with van der Waals surface area (Å²) >= 11 is 1.32. The maximum atomic E-state index is 13.1. The van der Waals surface area contributed by atoms with Crippen molar-refractivity contribution in [2.45, 2.75) is 57.4 Å². The van der Waals surface area contributed by atoms with E-state index in [1.807, 2.05) is 20.8 Å². The molecule has 2 atom stereocenters. The van der Waals surface area contributed by atoms with Crippen LogP contribution in [0.5, 0.6) is 5.75 Å². The minimum absolute atomic E-state index is 0.0699. The number of hydrogen-bond donors (Lipinski definition) is 2. The Kier molecular flexibility index (Phi) is 7.04. The van der Waals surface area contributed by atoms with Crippen LogP contribution < -0.4 is 14.8 Å². The highest BCUT2D eigenvalue weighted by atomic mass is 32.2. The number of carbonyl (C=O) groups excluding carboxylic acids is 1. The Labute approximate surface area is 187 Å². The van der Waals surface area contributed by atoms with Gasteiger partial charge in [0, 0.05) is 16.5 Å². The maximum absolute atomic E-state index is 13.1. The van der Waals surface area contributed by atoms with Crippen molar-refractivity contribution >= 4 is 32.3 Å². The van der Waals surface area contributed by atoms with E-state index in [-0.39, 0.29) is 28.2 Å². The number of methoxy groups -OCH3 is 1. The number of ether oxygens (including phenoxy) is 1. The Balaban J connectivity index is 1.90. The molecule has 1 fully saturated rings. The second-order valence-corrected chi connectivity index (χ2v) is 10.8. The molecular weight excluding hydrogens is 434 g/mol. The monoisotopic (exact) mass is 461 g/mol. The number of rotatable bonds is 6. The number of nitrogens with zero attached hydrogens (tertiary/aromatic N) is 1. The van der Waals surface area contributed by atoms with E-state index in [2.05, 4.69) is 16.1 Å². The molecule has 0 radical (unpaired) electrons. The smallest absolute Gasteiger partial charge is 0.256 e. The Morgan fingerprint density at radius 3 is 2.61 bits per heavy atom. The third-order valence-corrected chi connectivity index (χ3v) is 8.49. The number of aryl methyl sites for hydroxylation is 1. The third-order valence-electron chi connectivity index (χ3n) is 5.86. The first-order valence-corrected chi connectivity index (χ1v) is 12.5. The molecule has 0 spiro atoms. The van der Waals surface area contributed by atoms with E-state index in [1.54, 1.807) is 0 Å². The number of nitrogens with one attached hydrogen (secondary N) is 2.